The van der Waals surface area contributed by atoms with Gasteiger partial charge in [0, 0.05) is 22.5 Å². The quantitative estimate of drug-likeness (QED) is 0.686. The fourth-order valence-electron chi connectivity index (χ4n) is 2.34. The molecule has 7 heteroatoms. The van der Waals surface area contributed by atoms with Gasteiger partial charge in [0.25, 0.3) is 0 Å². The molecule has 3 rings (SSSR count). The largest absolute Gasteiger partial charge is 0.416 e. The van der Waals surface area contributed by atoms with Gasteiger partial charge in [-0.1, -0.05) is 11.6 Å². The predicted molar refractivity (Wildman–Crippen MR) is 89.1 cm³/mol. The van der Waals surface area contributed by atoms with Crippen LogP contribution in [0.15, 0.2) is 42.5 Å². The smallest absolute Gasteiger partial charge is 0.370 e. The van der Waals surface area contributed by atoms with E-state index in [1.165, 1.54) is 6.07 Å². The Balaban J connectivity index is 2.21. The first-order chi connectivity index (χ1) is 11.4. The lowest BCUT2D eigenvalue weighted by atomic mass is 10.1. The van der Waals surface area contributed by atoms with Crippen LogP contribution in [0, 0.1) is 0 Å². The van der Waals surface area contributed by atoms with E-state index in [-0.39, 0.29) is 5.52 Å². The topological polar surface area (TPSA) is 37.8 Å². The van der Waals surface area contributed by atoms with Crippen molar-refractivity contribution in [3.05, 3.63) is 53.1 Å². The Morgan fingerprint density at radius 2 is 1.75 bits per heavy atom. The van der Waals surface area contributed by atoms with E-state index in [0.29, 0.717) is 34.2 Å². The third kappa shape index (κ3) is 3.28. The highest BCUT2D eigenvalue weighted by Gasteiger charge is 2.30. The van der Waals surface area contributed by atoms with Gasteiger partial charge < -0.3 is 5.32 Å². The van der Waals surface area contributed by atoms with E-state index < -0.39 is 11.7 Å². The van der Waals surface area contributed by atoms with Crippen molar-refractivity contribution in [3.63, 3.8) is 0 Å². The highest BCUT2D eigenvalue weighted by atomic mass is 35.5. The number of nitrogens with zero attached hydrogens (tertiary/aromatic N) is 2. The van der Waals surface area contributed by atoms with Gasteiger partial charge in [0.15, 0.2) is 5.82 Å². The van der Waals surface area contributed by atoms with Crippen molar-refractivity contribution in [1.82, 2.24) is 9.97 Å². The van der Waals surface area contributed by atoms with Gasteiger partial charge in [0.05, 0.1) is 11.1 Å². The summed E-state index contributed by atoms with van der Waals surface area (Å²) < 4.78 is 38.9. The molecule has 3 aromatic rings. The molecule has 0 amide bonds. The molecule has 0 aliphatic carbocycles. The number of rotatable bonds is 3. The lowest BCUT2D eigenvalue weighted by Crippen LogP contribution is -2.07. The summed E-state index contributed by atoms with van der Waals surface area (Å²) in [5.41, 5.74) is 0.178. The normalized spacial score (nSPS) is 11.7. The van der Waals surface area contributed by atoms with E-state index in [4.69, 9.17) is 11.6 Å². The molecule has 1 aromatic heterocycles. The van der Waals surface area contributed by atoms with Gasteiger partial charge in [-0.05, 0) is 49.4 Å². The van der Waals surface area contributed by atoms with E-state index in [9.17, 15) is 13.2 Å². The van der Waals surface area contributed by atoms with Gasteiger partial charge in [-0.2, -0.15) is 13.2 Å². The summed E-state index contributed by atoms with van der Waals surface area (Å²) in [4.78, 5) is 8.73. The molecule has 0 saturated carbocycles. The molecular formula is C17H13ClF3N3. The summed E-state index contributed by atoms with van der Waals surface area (Å²) in [5, 5.41) is 4.18. The first-order valence-electron chi connectivity index (χ1n) is 7.27. The highest BCUT2D eigenvalue weighted by molar-refractivity contribution is 6.30. The average molecular weight is 352 g/mol. The van der Waals surface area contributed by atoms with Crippen molar-refractivity contribution in [2.45, 2.75) is 13.1 Å². The zero-order valence-electron chi connectivity index (χ0n) is 12.7. The van der Waals surface area contributed by atoms with Crippen LogP contribution in [0.25, 0.3) is 22.3 Å². The number of alkyl halides is 3. The second-order valence-electron chi connectivity index (χ2n) is 5.16. The molecule has 1 heterocycles. The minimum atomic E-state index is -4.42. The van der Waals surface area contributed by atoms with E-state index in [1.54, 1.807) is 24.3 Å². The Hall–Kier alpha value is -2.34. The lowest BCUT2D eigenvalue weighted by Gasteiger charge is -2.12. The molecular weight excluding hydrogens is 339 g/mol. The van der Waals surface area contributed by atoms with Crippen molar-refractivity contribution in [3.8, 4) is 11.4 Å². The van der Waals surface area contributed by atoms with Crippen LogP contribution in [0.2, 0.25) is 5.02 Å². The first kappa shape index (κ1) is 16.5. The van der Waals surface area contributed by atoms with Gasteiger partial charge in [-0.15, -0.1) is 0 Å². The fourth-order valence-corrected chi connectivity index (χ4v) is 2.46. The van der Waals surface area contributed by atoms with Crippen molar-refractivity contribution >= 4 is 28.3 Å². The highest BCUT2D eigenvalue weighted by Crippen LogP contribution is 2.33. The molecule has 3 nitrogen and oxygen atoms in total. The van der Waals surface area contributed by atoms with E-state index in [1.807, 2.05) is 6.92 Å². The maximum absolute atomic E-state index is 13.0. The predicted octanol–water partition coefficient (Wildman–Crippen LogP) is 5.40. The second-order valence-corrected chi connectivity index (χ2v) is 5.60. The number of anilines is 1. The maximum atomic E-state index is 13.0. The Labute approximate surface area is 141 Å². The Kier molecular flexibility index (Phi) is 4.32. The molecule has 0 radical (unpaired) electrons. The van der Waals surface area contributed by atoms with E-state index in [0.717, 1.165) is 12.1 Å². The molecule has 0 atom stereocenters. The van der Waals surface area contributed by atoms with Gasteiger partial charge in [0.1, 0.15) is 5.82 Å². The molecule has 0 aliphatic rings. The van der Waals surface area contributed by atoms with Crippen LogP contribution in [0.3, 0.4) is 0 Å². The summed E-state index contributed by atoms with van der Waals surface area (Å²) in [6.45, 7) is 2.48. The summed E-state index contributed by atoms with van der Waals surface area (Å²) in [7, 11) is 0. The standard InChI is InChI=1S/C17H13ClF3N3/c1-2-22-16-13-8-5-11(17(19,20)21)9-14(13)23-15(24-16)10-3-6-12(18)7-4-10/h3-9H,2H2,1H3,(H,22,23,24). The van der Waals surface area contributed by atoms with Gasteiger partial charge in [-0.3, -0.25) is 0 Å². The third-order valence-electron chi connectivity index (χ3n) is 3.47. The monoisotopic (exact) mass is 351 g/mol. The zero-order valence-corrected chi connectivity index (χ0v) is 13.4. The molecule has 124 valence electrons. The zero-order chi connectivity index (χ0) is 17.3. The number of aromatic nitrogens is 2. The number of fused-ring (bicyclic) bond motifs is 1. The molecule has 24 heavy (non-hydrogen) atoms. The number of benzene rings is 2. The fraction of sp³-hybridized carbons (Fsp3) is 0.176. The molecule has 1 N–H and O–H groups in total. The van der Waals surface area contributed by atoms with E-state index in [2.05, 4.69) is 15.3 Å². The van der Waals surface area contributed by atoms with Crippen molar-refractivity contribution in [2.75, 3.05) is 11.9 Å². The van der Waals surface area contributed by atoms with Crippen LogP contribution in [-0.4, -0.2) is 16.5 Å². The summed E-state index contributed by atoms with van der Waals surface area (Å²) in [6, 6.07) is 10.3. The summed E-state index contributed by atoms with van der Waals surface area (Å²) >= 11 is 5.87. The molecule has 0 saturated heterocycles. The molecule has 0 aliphatic heterocycles. The second kappa shape index (κ2) is 6.28. The Morgan fingerprint density at radius 3 is 2.38 bits per heavy atom. The number of hydrogen-bond donors (Lipinski definition) is 1. The molecule has 0 bridgehead atoms. The van der Waals surface area contributed by atoms with Gasteiger partial charge in [-0.25, -0.2) is 9.97 Å². The van der Waals surface area contributed by atoms with Crippen LogP contribution in [0.4, 0.5) is 19.0 Å². The van der Waals surface area contributed by atoms with Crippen LogP contribution in [0.1, 0.15) is 12.5 Å². The lowest BCUT2D eigenvalue weighted by molar-refractivity contribution is -0.137. The minimum Gasteiger partial charge on any atom is -0.370 e. The Morgan fingerprint density at radius 1 is 1.04 bits per heavy atom. The van der Waals surface area contributed by atoms with Gasteiger partial charge in [0.2, 0.25) is 0 Å². The molecule has 0 unspecified atom stereocenters. The molecule has 2 aromatic carbocycles. The van der Waals surface area contributed by atoms with Crippen LogP contribution >= 0.6 is 11.6 Å². The van der Waals surface area contributed by atoms with E-state index >= 15 is 0 Å². The Bertz CT molecular complexity index is 877. The van der Waals surface area contributed by atoms with Gasteiger partial charge >= 0.3 is 6.18 Å². The molecule has 0 spiro atoms. The van der Waals surface area contributed by atoms with Crippen molar-refractivity contribution in [2.24, 2.45) is 0 Å². The first-order valence-corrected chi connectivity index (χ1v) is 7.65. The summed E-state index contributed by atoms with van der Waals surface area (Å²) in [6.07, 6.45) is -4.42. The van der Waals surface area contributed by atoms with Crippen molar-refractivity contribution in [1.29, 1.82) is 0 Å². The van der Waals surface area contributed by atoms with Crippen LogP contribution in [0.5, 0.6) is 0 Å². The summed E-state index contributed by atoms with van der Waals surface area (Å²) in [5.74, 6) is 0.843. The van der Waals surface area contributed by atoms with Crippen molar-refractivity contribution < 1.29 is 13.2 Å². The molecule has 0 fully saturated rings. The van der Waals surface area contributed by atoms with Crippen LogP contribution in [-0.2, 0) is 6.18 Å². The number of nitrogens with one attached hydrogen (secondary N) is 1. The minimum absolute atomic E-state index is 0.237. The van der Waals surface area contributed by atoms with Crippen LogP contribution < -0.4 is 5.32 Å². The maximum Gasteiger partial charge on any atom is 0.416 e. The third-order valence-corrected chi connectivity index (χ3v) is 3.72. The SMILES string of the molecule is CCNc1nc(-c2ccc(Cl)cc2)nc2cc(C(F)(F)F)ccc12. The number of halogens is 4. The average Bonchev–Trinajstić information content (AvgIpc) is 2.54. The number of hydrogen-bond acceptors (Lipinski definition) is 3.